The van der Waals surface area contributed by atoms with E-state index in [1.807, 2.05) is 6.92 Å². The van der Waals surface area contributed by atoms with E-state index in [9.17, 15) is 17.6 Å². The molecule has 0 aliphatic heterocycles. The van der Waals surface area contributed by atoms with E-state index in [1.165, 1.54) is 36.4 Å². The van der Waals surface area contributed by atoms with Gasteiger partial charge in [0.05, 0.1) is 21.3 Å². The monoisotopic (exact) mass is 510 g/mol. The minimum Gasteiger partial charge on any atom is -0.322 e. The molecule has 3 aromatic carbocycles. The molecule has 30 heavy (non-hydrogen) atoms. The number of sulfonamides is 1. The maximum absolute atomic E-state index is 14.1. The summed E-state index contributed by atoms with van der Waals surface area (Å²) in [5, 5.41) is 2.57. The van der Waals surface area contributed by atoms with Crippen LogP contribution in [-0.2, 0) is 14.8 Å². The van der Waals surface area contributed by atoms with Gasteiger partial charge in [0.2, 0.25) is 5.91 Å². The Morgan fingerprint density at radius 2 is 1.77 bits per heavy atom. The highest BCUT2D eigenvalue weighted by atomic mass is 79.9. The second kappa shape index (κ2) is 9.16. The zero-order chi connectivity index (χ0) is 21.9. The van der Waals surface area contributed by atoms with E-state index in [1.54, 1.807) is 30.3 Å². The fourth-order valence-electron chi connectivity index (χ4n) is 2.70. The van der Waals surface area contributed by atoms with Gasteiger partial charge < -0.3 is 5.32 Å². The molecule has 156 valence electrons. The molecule has 0 aliphatic carbocycles. The number of carbonyl (C=O) groups excluding carboxylic acids is 1. The first-order valence-corrected chi connectivity index (χ1v) is 11.4. The molecule has 0 aliphatic rings. The lowest BCUT2D eigenvalue weighted by molar-refractivity contribution is -0.114. The van der Waals surface area contributed by atoms with E-state index in [2.05, 4.69) is 21.2 Å². The van der Waals surface area contributed by atoms with E-state index in [4.69, 9.17) is 11.6 Å². The van der Waals surface area contributed by atoms with Crippen molar-refractivity contribution in [1.82, 2.24) is 0 Å². The van der Waals surface area contributed by atoms with Crippen LogP contribution < -0.4 is 9.62 Å². The standard InChI is InChI=1S/C21H17BrClFN2O3S/c1-14-6-9-16(10-7-14)30(28,29)26(20-5-3-2-4-17(20)23)13-21(27)25-19-11-8-15(22)12-18(19)24/h2-12H,13H2,1H3,(H,25,27). The molecule has 0 aromatic heterocycles. The van der Waals surface area contributed by atoms with Crippen LogP contribution in [0.15, 0.2) is 76.1 Å². The number of benzene rings is 3. The molecule has 0 atom stereocenters. The van der Waals surface area contributed by atoms with Crippen LogP contribution in [0.1, 0.15) is 5.56 Å². The molecule has 3 rings (SSSR count). The van der Waals surface area contributed by atoms with Crippen molar-refractivity contribution in [2.75, 3.05) is 16.2 Å². The van der Waals surface area contributed by atoms with Gasteiger partial charge in [-0.25, -0.2) is 12.8 Å². The molecular formula is C21H17BrClFN2O3S. The highest BCUT2D eigenvalue weighted by molar-refractivity contribution is 9.10. The SMILES string of the molecule is Cc1ccc(S(=O)(=O)N(CC(=O)Nc2ccc(Br)cc2F)c2ccccc2Cl)cc1. The number of amides is 1. The average molecular weight is 512 g/mol. The molecular weight excluding hydrogens is 495 g/mol. The van der Waals surface area contributed by atoms with Gasteiger partial charge in [-0.05, 0) is 49.4 Å². The van der Waals surface area contributed by atoms with Crippen molar-refractivity contribution >= 4 is 54.8 Å². The summed E-state index contributed by atoms with van der Waals surface area (Å²) in [7, 11) is -4.11. The van der Waals surface area contributed by atoms with Crippen molar-refractivity contribution < 1.29 is 17.6 Å². The number of nitrogens with one attached hydrogen (secondary N) is 1. The molecule has 0 spiro atoms. The lowest BCUT2D eigenvalue weighted by Gasteiger charge is -2.25. The summed E-state index contributed by atoms with van der Waals surface area (Å²) in [6.07, 6.45) is 0. The molecule has 0 saturated carbocycles. The number of rotatable bonds is 6. The van der Waals surface area contributed by atoms with Crippen LogP contribution in [-0.4, -0.2) is 20.9 Å². The predicted octanol–water partition coefficient (Wildman–Crippen LogP) is 5.38. The van der Waals surface area contributed by atoms with E-state index < -0.39 is 28.3 Å². The van der Waals surface area contributed by atoms with Gasteiger partial charge in [0.15, 0.2) is 0 Å². The number of carbonyl (C=O) groups is 1. The smallest absolute Gasteiger partial charge is 0.264 e. The van der Waals surface area contributed by atoms with Crippen LogP contribution >= 0.6 is 27.5 Å². The zero-order valence-corrected chi connectivity index (χ0v) is 18.9. The lowest BCUT2D eigenvalue weighted by Crippen LogP contribution is -2.38. The fourth-order valence-corrected chi connectivity index (χ4v) is 4.76. The van der Waals surface area contributed by atoms with Gasteiger partial charge in [-0.1, -0.05) is 57.4 Å². The summed E-state index contributed by atoms with van der Waals surface area (Å²) in [5.74, 6) is -1.37. The first-order chi connectivity index (χ1) is 14.2. The van der Waals surface area contributed by atoms with Gasteiger partial charge in [-0.3, -0.25) is 9.10 Å². The second-order valence-electron chi connectivity index (χ2n) is 6.45. The molecule has 1 N–H and O–H groups in total. The molecule has 0 saturated heterocycles. The number of halogens is 3. The summed E-state index contributed by atoms with van der Waals surface area (Å²) >= 11 is 9.36. The molecule has 5 nitrogen and oxygen atoms in total. The Balaban J connectivity index is 1.97. The fraction of sp³-hybridized carbons (Fsp3) is 0.0952. The third kappa shape index (κ3) is 5.00. The Kier molecular flexibility index (Phi) is 6.80. The summed E-state index contributed by atoms with van der Waals surface area (Å²) in [6, 6.07) is 16.7. The Morgan fingerprint density at radius 3 is 2.40 bits per heavy atom. The molecule has 0 fully saturated rings. The van der Waals surface area contributed by atoms with Gasteiger partial charge in [0.25, 0.3) is 10.0 Å². The number of nitrogens with zero attached hydrogens (tertiary/aromatic N) is 1. The number of hydrogen-bond donors (Lipinski definition) is 1. The molecule has 0 unspecified atom stereocenters. The van der Waals surface area contributed by atoms with Crippen molar-refractivity contribution in [2.45, 2.75) is 11.8 Å². The number of aryl methyl sites for hydroxylation is 1. The maximum Gasteiger partial charge on any atom is 0.264 e. The van der Waals surface area contributed by atoms with Crippen LogP contribution in [0.2, 0.25) is 5.02 Å². The van der Waals surface area contributed by atoms with Crippen LogP contribution in [0.4, 0.5) is 15.8 Å². The molecule has 0 radical (unpaired) electrons. The summed E-state index contributed by atoms with van der Waals surface area (Å²) < 4.78 is 42.1. The van der Waals surface area contributed by atoms with E-state index >= 15 is 0 Å². The molecule has 9 heteroatoms. The van der Waals surface area contributed by atoms with Crippen molar-refractivity contribution in [3.05, 3.63) is 87.6 Å². The number of anilines is 2. The van der Waals surface area contributed by atoms with E-state index in [0.717, 1.165) is 9.87 Å². The summed E-state index contributed by atoms with van der Waals surface area (Å²) in [5.41, 5.74) is 0.975. The van der Waals surface area contributed by atoms with Crippen molar-refractivity contribution in [3.63, 3.8) is 0 Å². The normalized spacial score (nSPS) is 11.2. The van der Waals surface area contributed by atoms with Gasteiger partial charge >= 0.3 is 0 Å². The first-order valence-electron chi connectivity index (χ1n) is 8.77. The summed E-state index contributed by atoms with van der Waals surface area (Å²) in [6.45, 7) is 1.25. The van der Waals surface area contributed by atoms with Gasteiger partial charge in [-0.2, -0.15) is 0 Å². The van der Waals surface area contributed by atoms with E-state index in [-0.39, 0.29) is 21.3 Å². The van der Waals surface area contributed by atoms with Crippen molar-refractivity contribution in [3.8, 4) is 0 Å². The highest BCUT2D eigenvalue weighted by Crippen LogP contribution is 2.30. The maximum atomic E-state index is 14.1. The number of hydrogen-bond acceptors (Lipinski definition) is 3. The van der Waals surface area contributed by atoms with Gasteiger partial charge in [0, 0.05) is 4.47 Å². The Labute approximate surface area is 187 Å². The first kappa shape index (κ1) is 22.3. The molecule has 0 heterocycles. The largest absolute Gasteiger partial charge is 0.322 e. The van der Waals surface area contributed by atoms with Crippen LogP contribution in [0, 0.1) is 12.7 Å². The van der Waals surface area contributed by atoms with Crippen LogP contribution in [0.3, 0.4) is 0 Å². The number of para-hydroxylation sites is 1. The predicted molar refractivity (Wildman–Crippen MR) is 120 cm³/mol. The average Bonchev–Trinajstić information content (AvgIpc) is 2.69. The lowest BCUT2D eigenvalue weighted by atomic mass is 10.2. The molecule has 3 aromatic rings. The highest BCUT2D eigenvalue weighted by Gasteiger charge is 2.28. The Hall–Kier alpha value is -2.42. The molecule has 1 amide bonds. The van der Waals surface area contributed by atoms with Gasteiger partial charge in [-0.15, -0.1) is 0 Å². The van der Waals surface area contributed by atoms with Crippen molar-refractivity contribution in [1.29, 1.82) is 0 Å². The Morgan fingerprint density at radius 1 is 1.10 bits per heavy atom. The second-order valence-corrected chi connectivity index (χ2v) is 9.63. The third-order valence-corrected chi connectivity index (χ3v) is 6.81. The third-order valence-electron chi connectivity index (χ3n) is 4.22. The van der Waals surface area contributed by atoms with Crippen molar-refractivity contribution in [2.24, 2.45) is 0 Å². The Bertz CT molecular complexity index is 1190. The van der Waals surface area contributed by atoms with Crippen LogP contribution in [0.25, 0.3) is 0 Å². The minimum absolute atomic E-state index is 0.00985. The zero-order valence-electron chi connectivity index (χ0n) is 15.8. The molecule has 0 bridgehead atoms. The van der Waals surface area contributed by atoms with Crippen LogP contribution in [0.5, 0.6) is 0 Å². The quantitative estimate of drug-likeness (QED) is 0.483. The summed E-state index contributed by atoms with van der Waals surface area (Å²) in [4.78, 5) is 12.6. The van der Waals surface area contributed by atoms with Gasteiger partial charge in [0.1, 0.15) is 12.4 Å². The topological polar surface area (TPSA) is 66.5 Å². The van der Waals surface area contributed by atoms with E-state index in [0.29, 0.717) is 4.47 Å². The minimum atomic E-state index is -4.11.